The Morgan fingerprint density at radius 2 is 1.30 bits per heavy atom. The van der Waals surface area contributed by atoms with Crippen LogP contribution in [-0.2, 0) is 73.6 Å². The number of nitrogens with one attached hydrogen (secondary N) is 12. The molecule has 29 heteroatoms. The largest absolute Gasteiger partial charge is 0.508 e. The molecule has 2 aliphatic rings. The Labute approximate surface area is 542 Å². The number of phenols is 1. The molecule has 3 aromatic heterocycles. The van der Waals surface area contributed by atoms with Crippen molar-refractivity contribution in [1.29, 1.82) is 0 Å². The number of H-pyrrole nitrogens is 3. The van der Waals surface area contributed by atoms with Crippen molar-refractivity contribution in [3.8, 4) is 5.75 Å². The molecule has 6 aromatic rings. The Hall–Kier alpha value is -10.3. The number of primary amides is 1. The number of fused-ring (bicyclic) bond motifs is 2. The molecule has 2 saturated heterocycles. The molecule has 10 amide bonds. The molecule has 3 aromatic carbocycles. The van der Waals surface area contributed by atoms with Crippen LogP contribution < -0.4 is 59.3 Å². The van der Waals surface area contributed by atoms with Gasteiger partial charge >= 0.3 is 0 Å². The number of aliphatic hydroxyl groups is 1. The van der Waals surface area contributed by atoms with E-state index in [1.807, 2.05) is 51.1 Å². The monoisotopic (exact) mass is 1300 g/mol. The van der Waals surface area contributed by atoms with E-state index in [-0.39, 0.29) is 94.4 Å². The Kier molecular flexibility index (Phi) is 24.3. The molecule has 502 valence electrons. The number of rotatable bonds is 32. The zero-order valence-electron chi connectivity index (χ0n) is 53.0. The number of para-hydroxylation sites is 2. The number of guanidine groups is 1. The SMILES string of the molecule is CCNC(N)=NCCCC(NC(=O)C(CC(C)C)NC(=O)C(Cc1c(C)[nH]c2ccccc12)NC(=O)C(Cc1ccc(O)cc1)NC(=O)C(CO)NC(=O)C(Cc1c[nH]c2ccccc12)NC(=O)C(Cc1cnc[nH]1)NC(=O)C1CCC(=O)N1)C(=O)N1CCCC1C(N)=O. The Bertz CT molecular complexity index is 3700. The maximum Gasteiger partial charge on any atom is 0.245 e. The van der Waals surface area contributed by atoms with Crippen LogP contribution in [0.4, 0.5) is 0 Å². The minimum atomic E-state index is -1.79. The van der Waals surface area contributed by atoms with Crippen LogP contribution in [0.1, 0.15) is 93.8 Å². The number of aliphatic hydroxyl groups excluding tert-OH is 1. The number of nitrogens with zero attached hydrogens (tertiary/aromatic N) is 3. The third-order valence-corrected chi connectivity index (χ3v) is 16.7. The van der Waals surface area contributed by atoms with Crippen molar-refractivity contribution >= 4 is 86.8 Å². The number of aliphatic imine (C=N–C) groups is 1. The van der Waals surface area contributed by atoms with Gasteiger partial charge in [-0.25, -0.2) is 4.98 Å². The lowest BCUT2D eigenvalue weighted by Gasteiger charge is -2.30. The number of aryl methyl sites for hydroxylation is 1. The maximum atomic E-state index is 15.2. The molecule has 0 bridgehead atoms. The lowest BCUT2D eigenvalue weighted by Crippen LogP contribution is -2.61. The summed E-state index contributed by atoms with van der Waals surface area (Å²) in [7, 11) is 0. The molecule has 29 nitrogen and oxygen atoms in total. The number of hydrogen-bond acceptors (Lipinski definition) is 14. The number of likely N-dealkylation sites (tertiary alicyclic amines) is 1. The molecule has 0 radical (unpaired) electrons. The van der Waals surface area contributed by atoms with Crippen molar-refractivity contribution in [3.05, 3.63) is 120 Å². The number of benzene rings is 3. The van der Waals surface area contributed by atoms with Crippen molar-refractivity contribution < 1.29 is 58.2 Å². The first-order valence-electron chi connectivity index (χ1n) is 31.6. The first-order chi connectivity index (χ1) is 45.1. The number of phenolic OH excluding ortho intramolecular Hbond substituents is 1. The van der Waals surface area contributed by atoms with E-state index in [0.717, 1.165) is 10.9 Å². The fourth-order valence-electron chi connectivity index (χ4n) is 11.8. The number of aromatic nitrogens is 4. The van der Waals surface area contributed by atoms with Crippen molar-refractivity contribution in [2.45, 2.75) is 153 Å². The van der Waals surface area contributed by atoms with Crippen LogP contribution in [0.5, 0.6) is 5.75 Å². The van der Waals surface area contributed by atoms with Gasteiger partial charge in [0.1, 0.15) is 60.1 Å². The van der Waals surface area contributed by atoms with Crippen LogP contribution in [0.3, 0.4) is 0 Å². The zero-order valence-corrected chi connectivity index (χ0v) is 53.0. The molecule has 5 heterocycles. The fourth-order valence-corrected chi connectivity index (χ4v) is 11.8. The minimum absolute atomic E-state index is 0.0617. The lowest BCUT2D eigenvalue weighted by molar-refractivity contribution is -0.141. The molecule has 18 N–H and O–H groups in total. The van der Waals surface area contributed by atoms with Gasteiger partial charge in [0.05, 0.1) is 12.9 Å². The van der Waals surface area contributed by atoms with Crippen LogP contribution in [0.25, 0.3) is 21.8 Å². The minimum Gasteiger partial charge on any atom is -0.508 e. The van der Waals surface area contributed by atoms with Gasteiger partial charge in [0.2, 0.25) is 59.1 Å². The number of hydrogen-bond donors (Lipinski definition) is 16. The second kappa shape index (κ2) is 32.8. The van der Waals surface area contributed by atoms with Crippen LogP contribution in [0.2, 0.25) is 0 Å². The summed E-state index contributed by atoms with van der Waals surface area (Å²) in [4.78, 5) is 160. The summed E-state index contributed by atoms with van der Waals surface area (Å²) in [6.07, 6.45) is 5.35. The van der Waals surface area contributed by atoms with E-state index in [9.17, 15) is 48.6 Å². The second-order valence-electron chi connectivity index (χ2n) is 24.1. The highest BCUT2D eigenvalue weighted by molar-refractivity contribution is 6.00. The third kappa shape index (κ3) is 18.7. The molecule has 0 saturated carbocycles. The summed E-state index contributed by atoms with van der Waals surface area (Å²) in [5, 5.41) is 47.3. The summed E-state index contributed by atoms with van der Waals surface area (Å²) in [5.41, 5.74) is 15.9. The average Bonchev–Trinajstić information content (AvgIpc) is 1.69. The van der Waals surface area contributed by atoms with E-state index in [4.69, 9.17) is 11.5 Å². The van der Waals surface area contributed by atoms with Crippen molar-refractivity contribution in [2.24, 2.45) is 22.4 Å². The summed E-state index contributed by atoms with van der Waals surface area (Å²) in [6, 6.07) is 8.34. The third-order valence-electron chi connectivity index (χ3n) is 16.7. The van der Waals surface area contributed by atoms with Gasteiger partial charge in [0, 0.05) is 97.3 Å². The summed E-state index contributed by atoms with van der Waals surface area (Å²) >= 11 is 0. The van der Waals surface area contributed by atoms with E-state index in [2.05, 4.69) is 72.8 Å². The topological polar surface area (TPSA) is 447 Å². The van der Waals surface area contributed by atoms with Crippen LogP contribution in [0.15, 0.2) is 96.5 Å². The van der Waals surface area contributed by atoms with E-state index in [1.165, 1.54) is 41.7 Å². The number of carbonyl (C=O) groups is 10. The highest BCUT2D eigenvalue weighted by Gasteiger charge is 2.40. The van der Waals surface area contributed by atoms with Gasteiger partial charge in [-0.15, -0.1) is 0 Å². The van der Waals surface area contributed by atoms with Crippen molar-refractivity contribution in [1.82, 2.24) is 72.7 Å². The molecule has 94 heavy (non-hydrogen) atoms. The molecular formula is C65H85N17O12. The van der Waals surface area contributed by atoms with Gasteiger partial charge < -0.3 is 89.4 Å². The smallest absolute Gasteiger partial charge is 0.245 e. The van der Waals surface area contributed by atoms with E-state index in [1.54, 1.807) is 31.3 Å². The van der Waals surface area contributed by atoms with Gasteiger partial charge in [-0.1, -0.05) is 62.4 Å². The highest BCUT2D eigenvalue weighted by atomic mass is 16.3. The molecule has 2 aliphatic heterocycles. The molecular weight excluding hydrogens is 1210 g/mol. The molecule has 0 aliphatic carbocycles. The van der Waals surface area contributed by atoms with Gasteiger partial charge in [-0.05, 0) is 99.2 Å². The number of aromatic hydroxyl groups is 1. The normalized spacial score (nSPS) is 17.0. The second-order valence-corrected chi connectivity index (χ2v) is 24.1. The maximum absolute atomic E-state index is 15.2. The van der Waals surface area contributed by atoms with E-state index < -0.39 is 114 Å². The highest BCUT2D eigenvalue weighted by Crippen LogP contribution is 2.25. The Morgan fingerprint density at radius 3 is 1.93 bits per heavy atom. The number of nitrogens with two attached hydrogens (primary N) is 2. The number of amides is 10. The first-order valence-corrected chi connectivity index (χ1v) is 31.6. The number of aromatic amines is 3. The summed E-state index contributed by atoms with van der Waals surface area (Å²) in [6.45, 7) is 7.24. The van der Waals surface area contributed by atoms with Crippen molar-refractivity contribution in [3.63, 3.8) is 0 Å². The van der Waals surface area contributed by atoms with Crippen LogP contribution >= 0.6 is 0 Å². The molecule has 8 rings (SSSR count). The number of carbonyl (C=O) groups excluding carboxylic acids is 10. The quantitative estimate of drug-likeness (QED) is 0.0145. The van der Waals surface area contributed by atoms with Gasteiger partial charge in [-0.3, -0.25) is 52.9 Å². The van der Waals surface area contributed by atoms with E-state index >= 15 is 9.59 Å². The molecule has 9 unspecified atom stereocenters. The first kappa shape index (κ1) is 69.6. The average molecular weight is 1300 g/mol. The Morgan fingerprint density at radius 1 is 0.702 bits per heavy atom. The van der Waals surface area contributed by atoms with Crippen LogP contribution in [0, 0.1) is 12.8 Å². The lowest BCUT2D eigenvalue weighted by atomic mass is 9.98. The standard InChI is InChI=1S/C65H85N17O12/c1-5-69-65(67)70-24-10-16-47(64(94)82-25-11-17-54(82)56(66)86)75-58(88)48(26-35(2)3)76-62(92)52(30-43-36(4)73-45-15-9-7-13-42(43)45)80-59(89)49(27-37-18-20-40(84)21-19-37)77-63(93)53(33-83)81-60(90)50(28-38-31-71-44-14-8-6-12-41(38)44)78-61(91)51(29-39-32-68-34-72-39)79-57(87)46-22-23-55(85)74-46/h6-9,12-15,18-21,31-32,34-35,46-54,71,73,83-84H,5,10-11,16-17,22-30,33H2,1-4H3,(H2,66,86)(H,68,72)(H,74,85)(H,75,88)(H,76,92)(H,77,93)(H,78,91)(H,79,87)(H,80,89)(H,81,90)(H3,67,69,70). The Balaban J connectivity index is 1.06. The summed E-state index contributed by atoms with van der Waals surface area (Å²) < 4.78 is 0. The fraction of sp³-hybridized carbons (Fsp3) is 0.446. The number of imidazole rings is 1. The van der Waals surface area contributed by atoms with E-state index in [0.29, 0.717) is 58.4 Å². The van der Waals surface area contributed by atoms with Crippen LogP contribution in [-0.4, -0.2) is 181 Å². The molecule has 0 spiro atoms. The van der Waals surface area contributed by atoms with Gasteiger partial charge in [0.25, 0.3) is 0 Å². The summed E-state index contributed by atoms with van der Waals surface area (Å²) in [5.74, 6) is -7.62. The predicted molar refractivity (Wildman–Crippen MR) is 347 cm³/mol. The zero-order chi connectivity index (χ0) is 67.6. The molecule has 9 atom stereocenters. The predicted octanol–water partition coefficient (Wildman–Crippen LogP) is -0.452. The van der Waals surface area contributed by atoms with Gasteiger partial charge in [0.15, 0.2) is 5.96 Å². The van der Waals surface area contributed by atoms with Crippen molar-refractivity contribution in [2.75, 3.05) is 26.2 Å². The van der Waals surface area contributed by atoms with Gasteiger partial charge in [-0.2, -0.15) is 0 Å². The molecule has 2 fully saturated rings.